The number of hydrogen-bond donors (Lipinski definition) is 2. The van der Waals surface area contributed by atoms with Gasteiger partial charge in [-0.2, -0.15) is 0 Å². The van der Waals surface area contributed by atoms with Crippen molar-refractivity contribution in [2.75, 3.05) is 19.6 Å². The van der Waals surface area contributed by atoms with Gasteiger partial charge in [0.2, 0.25) is 11.8 Å². The van der Waals surface area contributed by atoms with Gasteiger partial charge in [-0.1, -0.05) is 35.5 Å². The molecule has 1 saturated heterocycles. The number of hydrogen-bond acceptors (Lipinski definition) is 6. The van der Waals surface area contributed by atoms with Crippen LogP contribution in [0.1, 0.15) is 47.7 Å². The predicted molar refractivity (Wildman–Crippen MR) is 143 cm³/mol. The van der Waals surface area contributed by atoms with Crippen molar-refractivity contribution in [3.8, 4) is 0 Å². The number of carbonyl (C=O) groups excluding carboxylic acids is 2. The van der Waals surface area contributed by atoms with Gasteiger partial charge >= 0.3 is 0 Å². The molecule has 2 N–H and O–H groups in total. The number of likely N-dealkylation sites (tertiary alicyclic amines) is 1. The summed E-state index contributed by atoms with van der Waals surface area (Å²) in [5.74, 6) is 0.816. The van der Waals surface area contributed by atoms with E-state index < -0.39 is 11.5 Å². The molecule has 0 saturated carbocycles. The number of aryl methyl sites for hydroxylation is 2. The quantitative estimate of drug-likeness (QED) is 0.544. The standard InChI is InChI=1S/C28H38N8O2/c1-20-21(2)34(3)25(30-20)19-35-14-10-28(11-15-35)17-23-18-36(33-32-23)13-7-12-29-26(37)24(31-27(28)38)16-22-8-5-4-6-9-22/h4-6,8-9,18,24H,7,10-17,19H2,1-3H3,(H,29,37)(H,31,38)/t24-/m0/s1. The average molecular weight is 519 g/mol. The number of amides is 2. The molecule has 38 heavy (non-hydrogen) atoms. The number of nitrogens with one attached hydrogen (secondary N) is 2. The van der Waals surface area contributed by atoms with Crippen LogP contribution >= 0.6 is 0 Å². The number of imidazole rings is 1. The van der Waals surface area contributed by atoms with E-state index in [0.717, 1.165) is 48.8 Å². The second-order valence-corrected chi connectivity index (χ2v) is 10.8. The SMILES string of the molecule is Cc1nc(CN2CCC3(CC2)Cc2cn(nn2)CCCNC(=O)[C@H](Cc2ccccc2)NC3=O)n(C)c1C. The van der Waals surface area contributed by atoms with Crippen LogP contribution in [0.4, 0.5) is 0 Å². The van der Waals surface area contributed by atoms with E-state index in [-0.39, 0.29) is 11.8 Å². The minimum Gasteiger partial charge on any atom is -0.354 e. The first-order valence-corrected chi connectivity index (χ1v) is 13.6. The molecule has 3 aromatic rings. The lowest BCUT2D eigenvalue weighted by Crippen LogP contribution is -2.56. The maximum Gasteiger partial charge on any atom is 0.242 e. The second kappa shape index (κ2) is 11.1. The minimum absolute atomic E-state index is 0.0780. The van der Waals surface area contributed by atoms with Gasteiger partial charge in [-0.05, 0) is 51.8 Å². The Morgan fingerprint density at radius 1 is 1.08 bits per heavy atom. The van der Waals surface area contributed by atoms with Crippen molar-refractivity contribution in [1.29, 1.82) is 0 Å². The van der Waals surface area contributed by atoms with Crippen LogP contribution in [0.2, 0.25) is 0 Å². The van der Waals surface area contributed by atoms with Gasteiger partial charge in [0.05, 0.1) is 23.3 Å². The smallest absolute Gasteiger partial charge is 0.242 e. The van der Waals surface area contributed by atoms with Crippen molar-refractivity contribution in [2.24, 2.45) is 12.5 Å². The molecule has 1 atom stereocenters. The molecule has 5 rings (SSSR count). The fourth-order valence-electron chi connectivity index (χ4n) is 5.57. The Kier molecular flexibility index (Phi) is 7.60. The third-order valence-corrected chi connectivity index (χ3v) is 8.24. The van der Waals surface area contributed by atoms with E-state index in [4.69, 9.17) is 4.98 Å². The highest BCUT2D eigenvalue weighted by Gasteiger charge is 2.43. The van der Waals surface area contributed by atoms with Gasteiger partial charge in [-0.15, -0.1) is 5.10 Å². The Morgan fingerprint density at radius 2 is 1.84 bits per heavy atom. The predicted octanol–water partition coefficient (Wildman–Crippen LogP) is 1.70. The Labute approximate surface area is 223 Å². The molecule has 1 spiro atoms. The molecular weight excluding hydrogens is 480 g/mol. The van der Waals surface area contributed by atoms with Gasteiger partial charge < -0.3 is 15.2 Å². The first-order chi connectivity index (χ1) is 18.3. The Balaban J connectivity index is 1.37. The number of aromatic nitrogens is 5. The lowest BCUT2D eigenvalue weighted by atomic mass is 9.73. The maximum absolute atomic E-state index is 14.0. The third-order valence-electron chi connectivity index (χ3n) is 8.24. The van der Waals surface area contributed by atoms with Crippen molar-refractivity contribution >= 4 is 11.8 Å². The molecule has 1 aromatic carbocycles. The van der Waals surface area contributed by atoms with Crippen molar-refractivity contribution in [3.05, 3.63) is 65.0 Å². The van der Waals surface area contributed by atoms with Gasteiger partial charge in [0.15, 0.2) is 0 Å². The Morgan fingerprint density at radius 3 is 2.55 bits per heavy atom. The number of rotatable bonds is 4. The van der Waals surface area contributed by atoms with E-state index in [1.165, 1.54) is 5.69 Å². The van der Waals surface area contributed by atoms with Gasteiger partial charge in [-0.3, -0.25) is 19.2 Å². The zero-order valence-corrected chi connectivity index (χ0v) is 22.6. The second-order valence-electron chi connectivity index (χ2n) is 10.8. The van der Waals surface area contributed by atoms with Crippen LogP contribution in [0, 0.1) is 19.3 Å². The van der Waals surface area contributed by atoms with E-state index >= 15 is 0 Å². The molecule has 0 radical (unpaired) electrons. The molecular formula is C28H38N8O2. The van der Waals surface area contributed by atoms with E-state index in [1.54, 1.807) is 0 Å². The Hall–Kier alpha value is -3.53. The summed E-state index contributed by atoms with van der Waals surface area (Å²) in [6.45, 7) is 7.59. The molecule has 202 valence electrons. The maximum atomic E-state index is 14.0. The van der Waals surface area contributed by atoms with Gasteiger partial charge in [0.1, 0.15) is 11.9 Å². The normalized spacial score (nSPS) is 20.8. The summed E-state index contributed by atoms with van der Waals surface area (Å²) < 4.78 is 3.96. The lowest BCUT2D eigenvalue weighted by Gasteiger charge is -2.41. The summed E-state index contributed by atoms with van der Waals surface area (Å²) in [5.41, 5.74) is 3.41. The van der Waals surface area contributed by atoms with Crippen molar-refractivity contribution < 1.29 is 9.59 Å². The molecule has 4 heterocycles. The molecule has 2 amide bonds. The van der Waals surface area contributed by atoms with Crippen molar-refractivity contribution in [3.63, 3.8) is 0 Å². The monoisotopic (exact) mass is 518 g/mol. The summed E-state index contributed by atoms with van der Waals surface area (Å²) in [6.07, 6.45) is 5.00. The van der Waals surface area contributed by atoms with Crippen LogP contribution < -0.4 is 10.6 Å². The third kappa shape index (κ3) is 5.65. The summed E-state index contributed by atoms with van der Waals surface area (Å²) in [5, 5.41) is 14.8. The summed E-state index contributed by atoms with van der Waals surface area (Å²) in [7, 11) is 2.06. The highest BCUT2D eigenvalue weighted by atomic mass is 16.2. The molecule has 2 bridgehead atoms. The number of nitrogens with zero attached hydrogens (tertiary/aromatic N) is 6. The van der Waals surface area contributed by atoms with Crippen molar-refractivity contribution in [2.45, 2.75) is 65.1 Å². The van der Waals surface area contributed by atoms with Gasteiger partial charge in [0, 0.05) is 44.9 Å². The summed E-state index contributed by atoms with van der Waals surface area (Å²) >= 11 is 0. The number of carbonyl (C=O) groups is 2. The minimum atomic E-state index is -0.659. The zero-order chi connectivity index (χ0) is 26.7. The largest absolute Gasteiger partial charge is 0.354 e. The zero-order valence-electron chi connectivity index (χ0n) is 22.6. The van der Waals surface area contributed by atoms with E-state index in [1.807, 2.05) is 48.1 Å². The van der Waals surface area contributed by atoms with E-state index in [0.29, 0.717) is 38.8 Å². The fraction of sp³-hybridized carbons (Fsp3) is 0.536. The van der Waals surface area contributed by atoms with E-state index in [9.17, 15) is 9.59 Å². The van der Waals surface area contributed by atoms with Gasteiger partial charge in [0.25, 0.3) is 0 Å². The summed E-state index contributed by atoms with van der Waals surface area (Å²) in [6, 6.07) is 9.22. The summed E-state index contributed by atoms with van der Waals surface area (Å²) in [4.78, 5) is 34.4. The van der Waals surface area contributed by atoms with Gasteiger partial charge in [-0.25, -0.2) is 4.98 Å². The van der Waals surface area contributed by atoms with Crippen LogP contribution in [0.5, 0.6) is 0 Å². The highest BCUT2D eigenvalue weighted by molar-refractivity contribution is 5.90. The van der Waals surface area contributed by atoms with Crippen LogP contribution in [0.25, 0.3) is 0 Å². The van der Waals surface area contributed by atoms with Crippen LogP contribution in [-0.2, 0) is 42.6 Å². The molecule has 10 heteroatoms. The molecule has 0 unspecified atom stereocenters. The van der Waals surface area contributed by atoms with Crippen molar-refractivity contribution in [1.82, 2.24) is 40.1 Å². The Bertz CT molecular complexity index is 1270. The molecule has 2 aliphatic rings. The molecule has 2 aromatic heterocycles. The molecule has 0 aliphatic carbocycles. The first kappa shape index (κ1) is 26.1. The highest BCUT2D eigenvalue weighted by Crippen LogP contribution is 2.36. The van der Waals surface area contributed by atoms with Crippen LogP contribution in [0.3, 0.4) is 0 Å². The van der Waals surface area contributed by atoms with E-state index in [2.05, 4.69) is 44.4 Å². The topological polar surface area (TPSA) is 110 Å². The lowest BCUT2D eigenvalue weighted by molar-refractivity contribution is -0.137. The molecule has 10 nitrogen and oxygen atoms in total. The fourth-order valence-corrected chi connectivity index (χ4v) is 5.57. The average Bonchev–Trinajstić information content (AvgIpc) is 3.46. The number of fused-ring (bicyclic) bond motifs is 2. The van der Waals surface area contributed by atoms with Crippen LogP contribution in [0.15, 0.2) is 36.5 Å². The number of piperidine rings is 1. The first-order valence-electron chi connectivity index (χ1n) is 13.6. The molecule has 2 aliphatic heterocycles. The molecule has 1 fully saturated rings. The van der Waals surface area contributed by atoms with Crippen LogP contribution in [-0.4, -0.2) is 66.9 Å². The number of benzene rings is 1.